The van der Waals surface area contributed by atoms with Gasteiger partial charge in [0, 0.05) is 29.9 Å². The monoisotopic (exact) mass is 556 g/mol. The fourth-order valence-corrected chi connectivity index (χ4v) is 6.85. The number of rotatable bonds is 6. The van der Waals surface area contributed by atoms with Gasteiger partial charge in [0.2, 0.25) is 0 Å². The zero-order chi connectivity index (χ0) is 27.7. The Morgan fingerprint density at radius 3 is 2.72 bits per heavy atom. The van der Waals surface area contributed by atoms with E-state index in [9.17, 15) is 14.4 Å². The normalized spacial score (nSPS) is 27.3. The maximum Gasteiger partial charge on any atom is 0.363 e. The number of para-hydroxylation sites is 1. The van der Waals surface area contributed by atoms with Gasteiger partial charge in [-0.2, -0.15) is 0 Å². The van der Waals surface area contributed by atoms with E-state index >= 15 is 0 Å². The van der Waals surface area contributed by atoms with Gasteiger partial charge in [-0.25, -0.2) is 24.2 Å². The van der Waals surface area contributed by atoms with Crippen LogP contribution in [0.3, 0.4) is 0 Å². The summed E-state index contributed by atoms with van der Waals surface area (Å²) in [5, 5.41) is 6.74. The highest BCUT2D eigenvalue weighted by Crippen LogP contribution is 2.40. The van der Waals surface area contributed by atoms with Crippen LogP contribution in [0.2, 0.25) is 0 Å². The predicted octanol–water partition coefficient (Wildman–Crippen LogP) is 3.27. The molecule has 0 bridgehead atoms. The van der Waals surface area contributed by atoms with Gasteiger partial charge in [-0.15, -0.1) is 5.48 Å². The van der Waals surface area contributed by atoms with E-state index in [1.165, 1.54) is 0 Å². The minimum absolute atomic E-state index is 0.0287. The molecule has 2 saturated heterocycles. The lowest BCUT2D eigenvalue weighted by atomic mass is 9.73. The highest BCUT2D eigenvalue weighted by atomic mass is 32.2. The van der Waals surface area contributed by atoms with E-state index in [0.29, 0.717) is 13.0 Å². The van der Waals surface area contributed by atoms with Crippen molar-refractivity contribution in [2.75, 3.05) is 11.9 Å². The van der Waals surface area contributed by atoms with Crippen LogP contribution in [0.1, 0.15) is 39.2 Å². The molecule has 0 saturated carbocycles. The second kappa shape index (κ2) is 11.0. The van der Waals surface area contributed by atoms with Gasteiger partial charge in [0.25, 0.3) is 0 Å². The molecule has 0 aromatic heterocycles. The van der Waals surface area contributed by atoms with Crippen molar-refractivity contribution < 1.29 is 33.7 Å². The second-order valence-electron chi connectivity index (χ2n) is 10.4. The third-order valence-electron chi connectivity index (χ3n) is 7.14. The molecule has 3 aliphatic heterocycles. The number of hydrogen-bond acceptors (Lipinski definition) is 11. The van der Waals surface area contributed by atoms with E-state index in [4.69, 9.17) is 19.2 Å². The van der Waals surface area contributed by atoms with Gasteiger partial charge in [0.05, 0.1) is 23.5 Å². The van der Waals surface area contributed by atoms with Gasteiger partial charge in [0.1, 0.15) is 11.5 Å². The summed E-state index contributed by atoms with van der Waals surface area (Å²) >= 11 is 0. The first-order valence-electron chi connectivity index (χ1n) is 12.9. The first-order chi connectivity index (χ1) is 18.7. The quantitative estimate of drug-likeness (QED) is 0.263. The average molecular weight is 557 g/mol. The lowest BCUT2D eigenvalue weighted by Crippen LogP contribution is -2.63. The fraction of sp³-hybridized carbons (Fsp3) is 0.444. The summed E-state index contributed by atoms with van der Waals surface area (Å²) in [5.74, 6) is -3.54. The summed E-state index contributed by atoms with van der Waals surface area (Å²) in [7, 11) is -0.836. The van der Waals surface area contributed by atoms with Crippen molar-refractivity contribution in [3.63, 3.8) is 0 Å². The molecule has 5 rings (SSSR count). The third-order valence-corrected chi connectivity index (χ3v) is 8.73. The van der Waals surface area contributed by atoms with Crippen molar-refractivity contribution in [1.82, 2.24) is 10.8 Å². The maximum atomic E-state index is 13.6. The number of hydroxylamine groups is 1. The molecule has 0 radical (unpaired) electrons. The Labute approximate surface area is 228 Å². The average Bonchev–Trinajstić information content (AvgIpc) is 3.32. The number of carbonyl (C=O) groups is 3. The third kappa shape index (κ3) is 5.29. The first kappa shape index (κ1) is 27.3. The van der Waals surface area contributed by atoms with Crippen LogP contribution in [-0.2, 0) is 51.0 Å². The Balaban J connectivity index is 1.48. The van der Waals surface area contributed by atoms with Crippen LogP contribution in [0.4, 0.5) is 11.4 Å². The van der Waals surface area contributed by atoms with E-state index in [2.05, 4.69) is 21.0 Å². The number of carbonyl (C=O) groups excluding carboxylic acids is 3. The standard InChI is InChI=1S/C27H32N4O7S/c1-15(2)13-27(23(25(33)38-37-16(3)32)24-19(10-11-35-24)31-36-26(27)34)29-14-17-8-9-22-20(12-17)30-18-6-4-5-7-21(18)39(22)28/h4-9,12,15,19,23-24,28-31H,10-11,13-14H2,1-3H3/t19?,23?,24?,27-,39?/m0/s1. The number of benzene rings is 2. The minimum Gasteiger partial charge on any atom is -0.375 e. The fourth-order valence-electron chi connectivity index (χ4n) is 5.52. The van der Waals surface area contributed by atoms with E-state index in [0.717, 1.165) is 33.7 Å². The molecule has 12 heteroatoms. The van der Waals surface area contributed by atoms with Crippen molar-refractivity contribution in [2.24, 2.45) is 11.8 Å². The number of ether oxygens (including phenoxy) is 1. The molecule has 0 spiro atoms. The number of hydrogen-bond donors (Lipinski definition) is 4. The number of anilines is 2. The highest BCUT2D eigenvalue weighted by Gasteiger charge is 2.60. The van der Waals surface area contributed by atoms with E-state index in [1.807, 2.05) is 56.3 Å². The molecule has 0 aliphatic carbocycles. The first-order valence-corrected chi connectivity index (χ1v) is 14.1. The molecule has 4 N–H and O–H groups in total. The maximum absolute atomic E-state index is 13.6. The van der Waals surface area contributed by atoms with Gasteiger partial charge in [-0.3, -0.25) is 10.1 Å². The van der Waals surface area contributed by atoms with E-state index in [-0.39, 0.29) is 18.9 Å². The van der Waals surface area contributed by atoms with Crippen LogP contribution in [0, 0.1) is 16.6 Å². The van der Waals surface area contributed by atoms with Crippen molar-refractivity contribution >= 4 is 40.0 Å². The Hall–Kier alpha value is -3.32. The topological polar surface area (TPSA) is 148 Å². The van der Waals surface area contributed by atoms with Crippen LogP contribution >= 0.6 is 0 Å². The molecule has 2 aromatic carbocycles. The van der Waals surface area contributed by atoms with Crippen LogP contribution in [0.5, 0.6) is 0 Å². The highest BCUT2D eigenvalue weighted by molar-refractivity contribution is 7.86. The molecule has 39 heavy (non-hydrogen) atoms. The molecule has 208 valence electrons. The molecule has 2 fully saturated rings. The zero-order valence-corrected chi connectivity index (χ0v) is 22.8. The lowest BCUT2D eigenvalue weighted by molar-refractivity contribution is -0.264. The molecule has 4 unspecified atom stereocenters. The summed E-state index contributed by atoms with van der Waals surface area (Å²) in [4.78, 5) is 55.2. The Morgan fingerprint density at radius 2 is 1.95 bits per heavy atom. The summed E-state index contributed by atoms with van der Waals surface area (Å²) in [6.45, 7) is 5.56. The van der Waals surface area contributed by atoms with Crippen LogP contribution in [0.15, 0.2) is 52.3 Å². The second-order valence-corrected chi connectivity index (χ2v) is 11.9. The van der Waals surface area contributed by atoms with Crippen LogP contribution < -0.4 is 16.1 Å². The van der Waals surface area contributed by atoms with Crippen LogP contribution in [0.25, 0.3) is 0 Å². The molecule has 3 aliphatic rings. The molecule has 11 nitrogen and oxygen atoms in total. The summed E-state index contributed by atoms with van der Waals surface area (Å²) in [5.41, 5.74) is 3.76. The number of nitrogens with one attached hydrogen (secondary N) is 4. The smallest absolute Gasteiger partial charge is 0.363 e. The van der Waals surface area contributed by atoms with Gasteiger partial charge < -0.3 is 14.9 Å². The molecular weight excluding hydrogens is 524 g/mol. The van der Waals surface area contributed by atoms with Crippen molar-refractivity contribution in [1.29, 1.82) is 4.78 Å². The molecular formula is C27H32N4O7S. The predicted molar refractivity (Wildman–Crippen MR) is 141 cm³/mol. The SMILES string of the molecule is CC(=O)OOC(=O)C1C2OCCC2NOC(=O)[C@@]1(CC(C)C)NCc1ccc2c(c1)Nc1ccccc1S2=N. The number of fused-ring (bicyclic) bond motifs is 3. The van der Waals surface area contributed by atoms with Crippen molar-refractivity contribution in [3.8, 4) is 0 Å². The summed E-state index contributed by atoms with van der Waals surface area (Å²) in [6, 6.07) is 13.1. The lowest BCUT2D eigenvalue weighted by Gasteiger charge is -2.39. The minimum atomic E-state index is -1.54. The Kier molecular flexibility index (Phi) is 7.72. The van der Waals surface area contributed by atoms with Gasteiger partial charge in [-0.05, 0) is 59.3 Å². The van der Waals surface area contributed by atoms with E-state index in [1.54, 1.807) is 0 Å². The Morgan fingerprint density at radius 1 is 1.18 bits per heavy atom. The van der Waals surface area contributed by atoms with Crippen LogP contribution in [-0.4, -0.2) is 42.2 Å². The Bertz CT molecular complexity index is 1320. The summed E-state index contributed by atoms with van der Waals surface area (Å²) < 4.78 is 14.7. The van der Waals surface area contributed by atoms with Gasteiger partial charge in [-0.1, -0.05) is 32.0 Å². The zero-order valence-electron chi connectivity index (χ0n) is 21.9. The van der Waals surface area contributed by atoms with Gasteiger partial charge >= 0.3 is 17.9 Å². The van der Waals surface area contributed by atoms with Crippen molar-refractivity contribution in [3.05, 3.63) is 48.0 Å². The van der Waals surface area contributed by atoms with E-state index < -0.39 is 52.2 Å². The molecule has 5 atom stereocenters. The van der Waals surface area contributed by atoms with Gasteiger partial charge in [0.15, 0.2) is 0 Å². The summed E-state index contributed by atoms with van der Waals surface area (Å²) in [6.07, 6.45) is 0.00461. The van der Waals surface area contributed by atoms with Crippen molar-refractivity contribution in [2.45, 2.75) is 67.6 Å². The molecule has 3 heterocycles. The molecule has 2 aromatic rings. The molecule has 0 amide bonds. The largest absolute Gasteiger partial charge is 0.375 e.